The Morgan fingerprint density at radius 3 is 3.00 bits per heavy atom. The van der Waals surface area contributed by atoms with Crippen LogP contribution in [0.3, 0.4) is 0 Å². The van der Waals surface area contributed by atoms with E-state index in [9.17, 15) is 4.79 Å². The van der Waals surface area contributed by atoms with E-state index >= 15 is 0 Å². The van der Waals surface area contributed by atoms with Crippen LogP contribution in [-0.4, -0.2) is 30.3 Å². The van der Waals surface area contributed by atoms with Gasteiger partial charge in [0, 0.05) is 12.1 Å². The van der Waals surface area contributed by atoms with Gasteiger partial charge in [-0.1, -0.05) is 18.2 Å². The lowest BCUT2D eigenvalue weighted by atomic mass is 10.0. The summed E-state index contributed by atoms with van der Waals surface area (Å²) in [5.74, 6) is 0.887. The molecule has 1 heterocycles. The van der Waals surface area contributed by atoms with E-state index in [-0.39, 0.29) is 17.8 Å². The van der Waals surface area contributed by atoms with Crippen LogP contribution in [0.5, 0.6) is 5.75 Å². The van der Waals surface area contributed by atoms with Crippen LogP contribution < -0.4 is 4.74 Å². The molecule has 1 atom stereocenters. The number of nitrogens with zero attached hydrogens (tertiary/aromatic N) is 1. The first-order valence-corrected chi connectivity index (χ1v) is 6.29. The number of rotatable bonds is 3. The monoisotopic (exact) mass is 253 g/mol. The summed E-state index contributed by atoms with van der Waals surface area (Å²) < 4.78 is 5.35. The van der Waals surface area contributed by atoms with Crippen molar-refractivity contribution < 1.29 is 9.53 Å². The van der Waals surface area contributed by atoms with E-state index in [0.717, 1.165) is 30.7 Å². The number of hydrogen-bond acceptors (Lipinski definition) is 2. The molecule has 1 fully saturated rings. The van der Waals surface area contributed by atoms with Crippen molar-refractivity contribution in [3.63, 3.8) is 0 Å². The summed E-state index contributed by atoms with van der Waals surface area (Å²) in [6, 6.07) is 7.96. The molecular formula is C13H16ClNO2. The molecule has 0 saturated carbocycles. The number of ether oxygens (including phenoxy) is 1. The van der Waals surface area contributed by atoms with Crippen molar-refractivity contribution in [2.24, 2.45) is 0 Å². The predicted molar refractivity (Wildman–Crippen MR) is 67.4 cm³/mol. The summed E-state index contributed by atoms with van der Waals surface area (Å²) in [5, 5.41) is 0. The fourth-order valence-corrected chi connectivity index (χ4v) is 2.56. The third-order valence-electron chi connectivity index (χ3n) is 3.19. The Morgan fingerprint density at radius 2 is 2.29 bits per heavy atom. The SMILES string of the molecule is COc1ccccc1C1CCCN1C(=O)CCl. The van der Waals surface area contributed by atoms with Gasteiger partial charge in [0.25, 0.3) is 0 Å². The number of amides is 1. The van der Waals surface area contributed by atoms with Gasteiger partial charge in [0.05, 0.1) is 13.2 Å². The zero-order valence-electron chi connectivity index (χ0n) is 9.86. The lowest BCUT2D eigenvalue weighted by Gasteiger charge is -2.25. The topological polar surface area (TPSA) is 29.5 Å². The van der Waals surface area contributed by atoms with E-state index in [4.69, 9.17) is 16.3 Å². The van der Waals surface area contributed by atoms with Crippen LogP contribution >= 0.6 is 11.6 Å². The Morgan fingerprint density at radius 1 is 1.53 bits per heavy atom. The molecule has 4 heteroatoms. The fraction of sp³-hybridized carbons (Fsp3) is 0.462. The number of benzene rings is 1. The molecule has 1 aromatic rings. The van der Waals surface area contributed by atoms with Gasteiger partial charge in [-0.3, -0.25) is 4.79 Å². The standard InChI is InChI=1S/C13H16ClNO2/c1-17-12-7-3-2-5-10(12)11-6-4-8-15(11)13(16)9-14/h2-3,5,7,11H,4,6,8-9H2,1H3. The second-order valence-corrected chi connectivity index (χ2v) is 4.39. The molecular weight excluding hydrogens is 238 g/mol. The molecule has 3 nitrogen and oxygen atoms in total. The summed E-state index contributed by atoms with van der Waals surface area (Å²) >= 11 is 5.64. The molecule has 0 radical (unpaired) electrons. The predicted octanol–water partition coefficient (Wildman–Crippen LogP) is 2.60. The van der Waals surface area contributed by atoms with Crippen molar-refractivity contribution in [1.82, 2.24) is 4.90 Å². The molecule has 17 heavy (non-hydrogen) atoms. The van der Waals surface area contributed by atoms with Crippen LogP contribution in [0, 0.1) is 0 Å². The minimum absolute atomic E-state index is 0.0000674. The zero-order valence-corrected chi connectivity index (χ0v) is 10.6. The molecule has 92 valence electrons. The molecule has 1 aromatic carbocycles. The first kappa shape index (κ1) is 12.2. The van der Waals surface area contributed by atoms with Gasteiger partial charge in [-0.25, -0.2) is 0 Å². The molecule has 0 aliphatic carbocycles. The number of likely N-dealkylation sites (tertiary alicyclic amines) is 1. The average molecular weight is 254 g/mol. The maximum absolute atomic E-state index is 11.8. The Balaban J connectivity index is 2.29. The molecule has 0 spiro atoms. The van der Waals surface area contributed by atoms with Crippen molar-refractivity contribution in [2.75, 3.05) is 19.5 Å². The van der Waals surface area contributed by atoms with Gasteiger partial charge in [-0.2, -0.15) is 0 Å². The number of carbonyl (C=O) groups is 1. The average Bonchev–Trinajstić information content (AvgIpc) is 2.86. The van der Waals surface area contributed by atoms with Gasteiger partial charge in [-0.15, -0.1) is 11.6 Å². The Kier molecular flexibility index (Phi) is 3.89. The van der Waals surface area contributed by atoms with Gasteiger partial charge in [0.1, 0.15) is 11.6 Å². The highest BCUT2D eigenvalue weighted by Crippen LogP contribution is 2.36. The van der Waals surface area contributed by atoms with Crippen LogP contribution in [0.2, 0.25) is 0 Å². The molecule has 1 unspecified atom stereocenters. The number of hydrogen-bond donors (Lipinski definition) is 0. The van der Waals surface area contributed by atoms with E-state index in [1.54, 1.807) is 7.11 Å². The van der Waals surface area contributed by atoms with E-state index in [1.165, 1.54) is 0 Å². The Bertz CT molecular complexity index is 408. The van der Waals surface area contributed by atoms with Crippen LogP contribution in [0.15, 0.2) is 24.3 Å². The molecule has 2 rings (SSSR count). The smallest absolute Gasteiger partial charge is 0.238 e. The van der Waals surface area contributed by atoms with Crippen LogP contribution in [0.1, 0.15) is 24.4 Å². The summed E-state index contributed by atoms with van der Waals surface area (Å²) in [4.78, 5) is 13.6. The van der Waals surface area contributed by atoms with Gasteiger partial charge in [0.15, 0.2) is 0 Å². The molecule has 0 N–H and O–H groups in total. The van der Waals surface area contributed by atoms with E-state index in [0.29, 0.717) is 0 Å². The fourth-order valence-electron chi connectivity index (χ4n) is 2.41. The van der Waals surface area contributed by atoms with E-state index < -0.39 is 0 Å². The maximum Gasteiger partial charge on any atom is 0.238 e. The number of halogens is 1. The Labute approximate surface area is 106 Å². The van der Waals surface area contributed by atoms with Gasteiger partial charge in [0.2, 0.25) is 5.91 Å². The number of methoxy groups -OCH3 is 1. The first-order valence-electron chi connectivity index (χ1n) is 5.76. The molecule has 0 bridgehead atoms. The molecule has 0 aromatic heterocycles. The summed E-state index contributed by atoms with van der Waals surface area (Å²) in [7, 11) is 1.65. The normalized spacial score (nSPS) is 19.4. The summed E-state index contributed by atoms with van der Waals surface area (Å²) in [6.07, 6.45) is 1.99. The molecule has 1 saturated heterocycles. The van der Waals surface area contributed by atoms with Crippen LogP contribution in [0.4, 0.5) is 0 Å². The van der Waals surface area contributed by atoms with Gasteiger partial charge < -0.3 is 9.64 Å². The number of alkyl halides is 1. The second-order valence-electron chi connectivity index (χ2n) is 4.12. The van der Waals surface area contributed by atoms with Crippen LogP contribution in [-0.2, 0) is 4.79 Å². The van der Waals surface area contributed by atoms with Crippen LogP contribution in [0.25, 0.3) is 0 Å². The number of para-hydroxylation sites is 1. The van der Waals surface area contributed by atoms with Crippen molar-refractivity contribution in [1.29, 1.82) is 0 Å². The van der Waals surface area contributed by atoms with Gasteiger partial charge in [-0.05, 0) is 18.9 Å². The van der Waals surface area contributed by atoms with Crippen molar-refractivity contribution in [3.05, 3.63) is 29.8 Å². The Hall–Kier alpha value is -1.22. The van der Waals surface area contributed by atoms with Gasteiger partial charge >= 0.3 is 0 Å². The highest BCUT2D eigenvalue weighted by molar-refractivity contribution is 6.27. The third kappa shape index (κ3) is 2.39. The minimum Gasteiger partial charge on any atom is -0.496 e. The lowest BCUT2D eigenvalue weighted by Crippen LogP contribution is -2.31. The zero-order chi connectivity index (χ0) is 12.3. The second kappa shape index (κ2) is 5.41. The van der Waals surface area contributed by atoms with Crippen molar-refractivity contribution in [3.8, 4) is 5.75 Å². The minimum atomic E-state index is 0.0000674. The summed E-state index contributed by atoms with van der Waals surface area (Å²) in [6.45, 7) is 0.786. The lowest BCUT2D eigenvalue weighted by molar-refractivity contribution is -0.129. The molecule has 1 amide bonds. The maximum atomic E-state index is 11.8. The van der Waals surface area contributed by atoms with E-state index in [1.807, 2.05) is 29.2 Å². The third-order valence-corrected chi connectivity index (χ3v) is 3.41. The molecule has 1 aliphatic rings. The first-order chi connectivity index (χ1) is 8.27. The summed E-state index contributed by atoms with van der Waals surface area (Å²) in [5.41, 5.74) is 1.07. The highest BCUT2D eigenvalue weighted by atomic mass is 35.5. The quantitative estimate of drug-likeness (QED) is 0.775. The van der Waals surface area contributed by atoms with E-state index in [2.05, 4.69) is 0 Å². The largest absolute Gasteiger partial charge is 0.496 e. The number of carbonyl (C=O) groups excluding carboxylic acids is 1. The highest BCUT2D eigenvalue weighted by Gasteiger charge is 2.30. The van der Waals surface area contributed by atoms with Crippen molar-refractivity contribution >= 4 is 17.5 Å². The molecule has 1 aliphatic heterocycles. The van der Waals surface area contributed by atoms with Crippen molar-refractivity contribution in [2.45, 2.75) is 18.9 Å².